The van der Waals surface area contributed by atoms with E-state index >= 15 is 0 Å². The van der Waals surface area contributed by atoms with E-state index in [9.17, 15) is 0 Å². The molecule has 0 radical (unpaired) electrons. The normalized spacial score (nSPS) is 16.4. The fourth-order valence-corrected chi connectivity index (χ4v) is 4.89. The largest absolute Gasteiger partial charge is 0.370 e. The van der Waals surface area contributed by atoms with E-state index in [4.69, 9.17) is 22.3 Å². The van der Waals surface area contributed by atoms with Crippen molar-refractivity contribution in [2.24, 2.45) is 18.5 Å². The average Bonchev–Trinajstić information content (AvgIpc) is 3.30. The minimum Gasteiger partial charge on any atom is -0.370 e. The van der Waals surface area contributed by atoms with Gasteiger partial charge in [0.25, 0.3) is 0 Å². The molecule has 11 heteroatoms. The van der Waals surface area contributed by atoms with Gasteiger partial charge in [-0.15, -0.1) is 10.2 Å². The summed E-state index contributed by atoms with van der Waals surface area (Å²) in [7, 11) is 1.99. The van der Waals surface area contributed by atoms with Gasteiger partial charge in [-0.1, -0.05) is 0 Å². The minimum absolute atomic E-state index is 0.144. The van der Waals surface area contributed by atoms with Gasteiger partial charge in [-0.25, -0.2) is 0 Å². The SMILES string of the molecule is Cn1c(-c2ccc(N3CCN(C(=N)N)CC3)cc2)nnc1-c1ccc(N2CCN(C(=N)N)CC2)cc1. The van der Waals surface area contributed by atoms with Crippen LogP contribution in [0.2, 0.25) is 0 Å². The molecule has 3 heterocycles. The van der Waals surface area contributed by atoms with E-state index < -0.39 is 0 Å². The first kappa shape index (κ1) is 23.5. The Kier molecular flexibility index (Phi) is 6.36. The molecule has 11 nitrogen and oxygen atoms in total. The molecule has 0 atom stereocenters. The fraction of sp³-hybridized carbons (Fsp3) is 0.360. The molecule has 2 aliphatic heterocycles. The van der Waals surface area contributed by atoms with E-state index in [1.54, 1.807) is 0 Å². The molecule has 0 bridgehead atoms. The Morgan fingerprint density at radius 2 is 0.944 bits per heavy atom. The number of nitrogens with two attached hydrogens (primary N) is 2. The Labute approximate surface area is 210 Å². The predicted octanol–water partition coefficient (Wildman–Crippen LogP) is 1.18. The average molecular weight is 488 g/mol. The number of nitrogens with zero attached hydrogens (tertiary/aromatic N) is 7. The van der Waals surface area contributed by atoms with Crippen LogP contribution < -0.4 is 21.3 Å². The number of anilines is 2. The van der Waals surface area contributed by atoms with Gasteiger partial charge in [-0.2, -0.15) is 0 Å². The Morgan fingerprint density at radius 1 is 0.611 bits per heavy atom. The minimum atomic E-state index is 0.144. The lowest BCUT2D eigenvalue weighted by Gasteiger charge is -2.36. The highest BCUT2D eigenvalue weighted by atomic mass is 15.3. The van der Waals surface area contributed by atoms with Crippen molar-refractivity contribution in [3.05, 3.63) is 48.5 Å². The van der Waals surface area contributed by atoms with Crippen molar-refractivity contribution in [2.75, 3.05) is 62.2 Å². The maximum Gasteiger partial charge on any atom is 0.188 e. The van der Waals surface area contributed by atoms with Crippen LogP contribution in [0.4, 0.5) is 11.4 Å². The molecule has 188 valence electrons. The maximum atomic E-state index is 7.60. The lowest BCUT2D eigenvalue weighted by molar-refractivity contribution is 0.380. The van der Waals surface area contributed by atoms with Gasteiger partial charge in [0.05, 0.1) is 0 Å². The second-order valence-corrected chi connectivity index (χ2v) is 9.22. The Bertz CT molecular complexity index is 1120. The third kappa shape index (κ3) is 4.64. The summed E-state index contributed by atoms with van der Waals surface area (Å²) in [4.78, 5) is 8.42. The summed E-state index contributed by atoms with van der Waals surface area (Å²) in [5.41, 5.74) is 15.6. The van der Waals surface area contributed by atoms with Crippen LogP contribution in [0.25, 0.3) is 22.8 Å². The van der Waals surface area contributed by atoms with E-state index in [0.29, 0.717) is 0 Å². The van der Waals surface area contributed by atoms with E-state index in [1.165, 1.54) is 0 Å². The van der Waals surface area contributed by atoms with E-state index in [0.717, 1.165) is 86.5 Å². The van der Waals surface area contributed by atoms with Crippen LogP contribution in [0.3, 0.4) is 0 Å². The number of aromatic nitrogens is 3. The van der Waals surface area contributed by atoms with Crippen LogP contribution in [0.5, 0.6) is 0 Å². The molecule has 1 aromatic heterocycles. The summed E-state index contributed by atoms with van der Waals surface area (Å²) < 4.78 is 2.03. The second-order valence-electron chi connectivity index (χ2n) is 9.22. The van der Waals surface area contributed by atoms with Crippen molar-refractivity contribution >= 4 is 23.3 Å². The molecule has 36 heavy (non-hydrogen) atoms. The number of nitrogens with one attached hydrogen (secondary N) is 2. The van der Waals surface area contributed by atoms with E-state index in [2.05, 4.69) is 68.5 Å². The lowest BCUT2D eigenvalue weighted by atomic mass is 10.1. The van der Waals surface area contributed by atoms with Crippen molar-refractivity contribution in [3.8, 4) is 22.8 Å². The van der Waals surface area contributed by atoms with Crippen LogP contribution in [0.15, 0.2) is 48.5 Å². The summed E-state index contributed by atoms with van der Waals surface area (Å²) >= 11 is 0. The Morgan fingerprint density at radius 3 is 1.25 bits per heavy atom. The molecule has 2 saturated heterocycles. The molecule has 5 rings (SSSR count). The first-order valence-corrected chi connectivity index (χ1v) is 12.2. The van der Waals surface area contributed by atoms with E-state index in [-0.39, 0.29) is 11.9 Å². The summed E-state index contributed by atoms with van der Waals surface area (Å²) in [5, 5.41) is 24.2. The molecule has 2 aromatic carbocycles. The van der Waals surface area contributed by atoms with Gasteiger partial charge >= 0.3 is 0 Å². The third-order valence-electron chi connectivity index (χ3n) is 7.10. The van der Waals surface area contributed by atoms with Gasteiger partial charge in [0.1, 0.15) is 0 Å². The van der Waals surface area contributed by atoms with Gasteiger partial charge in [0.2, 0.25) is 0 Å². The molecule has 3 aromatic rings. The highest BCUT2D eigenvalue weighted by molar-refractivity contribution is 5.75. The van der Waals surface area contributed by atoms with Crippen LogP contribution in [0.1, 0.15) is 0 Å². The fourth-order valence-electron chi connectivity index (χ4n) is 4.89. The maximum absolute atomic E-state index is 7.60. The monoisotopic (exact) mass is 487 g/mol. The summed E-state index contributed by atoms with van der Waals surface area (Å²) in [6.45, 7) is 6.42. The summed E-state index contributed by atoms with van der Waals surface area (Å²) in [5.74, 6) is 1.93. The van der Waals surface area contributed by atoms with Gasteiger partial charge in [-0.3, -0.25) is 10.8 Å². The number of benzene rings is 2. The molecule has 2 fully saturated rings. The molecule has 0 unspecified atom stereocenters. The van der Waals surface area contributed by atoms with Crippen molar-refractivity contribution in [2.45, 2.75) is 0 Å². The number of guanidine groups is 2. The van der Waals surface area contributed by atoms with Crippen LogP contribution >= 0.6 is 0 Å². The quantitative estimate of drug-likeness (QED) is 0.317. The van der Waals surface area contributed by atoms with Crippen LogP contribution in [-0.2, 0) is 7.05 Å². The zero-order valence-corrected chi connectivity index (χ0v) is 20.6. The summed E-state index contributed by atoms with van der Waals surface area (Å²) in [6, 6.07) is 16.8. The van der Waals surface area contributed by atoms with Gasteiger partial charge < -0.3 is 35.6 Å². The van der Waals surface area contributed by atoms with Gasteiger partial charge in [-0.05, 0) is 48.5 Å². The number of piperazine rings is 2. The molecular weight excluding hydrogens is 454 g/mol. The van der Waals surface area contributed by atoms with Crippen LogP contribution in [0, 0.1) is 10.8 Å². The standard InChI is InChI=1S/C25H33N11/c1-32-22(18-2-6-20(7-3-18)33-10-14-35(15-11-33)24(26)27)30-31-23(32)19-4-8-21(9-5-19)34-12-16-36(17-13-34)25(28)29/h2-9H,10-17H2,1H3,(H3,26,27)(H3,28,29). The molecule has 0 spiro atoms. The van der Waals surface area contributed by atoms with Crippen molar-refractivity contribution < 1.29 is 0 Å². The summed E-state index contributed by atoms with van der Waals surface area (Å²) in [6.07, 6.45) is 0. The molecule has 0 amide bonds. The molecule has 0 aliphatic carbocycles. The topological polar surface area (TPSA) is 143 Å². The highest BCUT2D eigenvalue weighted by Gasteiger charge is 2.20. The second kappa shape index (κ2) is 9.76. The highest BCUT2D eigenvalue weighted by Crippen LogP contribution is 2.27. The zero-order valence-electron chi connectivity index (χ0n) is 20.6. The number of hydrogen-bond donors (Lipinski definition) is 4. The van der Waals surface area contributed by atoms with Crippen molar-refractivity contribution in [3.63, 3.8) is 0 Å². The molecular formula is C25H33N11. The van der Waals surface area contributed by atoms with E-state index in [1.807, 2.05) is 21.4 Å². The smallest absolute Gasteiger partial charge is 0.188 e. The number of hydrogen-bond acceptors (Lipinski definition) is 6. The van der Waals surface area contributed by atoms with Crippen molar-refractivity contribution in [1.82, 2.24) is 24.6 Å². The first-order valence-electron chi connectivity index (χ1n) is 12.2. The van der Waals surface area contributed by atoms with Crippen LogP contribution in [-0.4, -0.2) is 88.8 Å². The Balaban J connectivity index is 1.26. The Hall–Kier alpha value is -4.28. The first-order chi connectivity index (χ1) is 17.4. The molecule has 0 saturated carbocycles. The number of rotatable bonds is 4. The van der Waals surface area contributed by atoms with Crippen molar-refractivity contribution in [1.29, 1.82) is 10.8 Å². The van der Waals surface area contributed by atoms with Gasteiger partial charge in [0, 0.05) is 81.9 Å². The molecule has 2 aliphatic rings. The van der Waals surface area contributed by atoms with Gasteiger partial charge in [0.15, 0.2) is 23.6 Å². The molecule has 6 N–H and O–H groups in total. The zero-order chi connectivity index (χ0) is 25.2. The predicted molar refractivity (Wildman–Crippen MR) is 143 cm³/mol. The lowest BCUT2D eigenvalue weighted by Crippen LogP contribution is -2.50. The third-order valence-corrected chi connectivity index (χ3v) is 7.10.